The fraction of sp³-hybridized carbons (Fsp3) is 0.130. The topological polar surface area (TPSA) is 113 Å². The molecule has 188 valence electrons. The lowest BCUT2D eigenvalue weighted by Gasteiger charge is -2.13. The predicted molar refractivity (Wildman–Crippen MR) is 134 cm³/mol. The number of aromatic nitrogens is 2. The maximum absolute atomic E-state index is 14.5. The number of halogens is 3. The number of anilines is 2. The first-order chi connectivity index (χ1) is 17.1. The van der Waals surface area contributed by atoms with Gasteiger partial charge in [0.2, 0.25) is 5.13 Å². The SMILES string of the molecule is COc1cccc(CNc2cnc(S(=O)(=O)Nc3nc(-c4ccc(F)c(Cl)c4)c(F)s3)cc2C)c1O. The van der Waals surface area contributed by atoms with Crippen molar-refractivity contribution in [2.45, 2.75) is 18.5 Å². The minimum Gasteiger partial charge on any atom is -0.504 e. The highest BCUT2D eigenvalue weighted by atomic mass is 35.5. The maximum Gasteiger partial charge on any atom is 0.281 e. The molecule has 4 aromatic rings. The van der Waals surface area contributed by atoms with Crippen LogP contribution in [0.2, 0.25) is 5.02 Å². The molecule has 0 bridgehead atoms. The number of nitrogens with one attached hydrogen (secondary N) is 2. The van der Waals surface area contributed by atoms with E-state index >= 15 is 0 Å². The van der Waals surface area contributed by atoms with Crippen LogP contribution < -0.4 is 14.8 Å². The van der Waals surface area contributed by atoms with Crippen molar-refractivity contribution < 1.29 is 27.0 Å². The molecule has 8 nitrogen and oxygen atoms in total. The number of phenols is 1. The van der Waals surface area contributed by atoms with Crippen molar-refractivity contribution in [1.29, 1.82) is 0 Å². The van der Waals surface area contributed by atoms with Gasteiger partial charge >= 0.3 is 0 Å². The molecule has 0 radical (unpaired) electrons. The Morgan fingerprint density at radius 1 is 1.19 bits per heavy atom. The van der Waals surface area contributed by atoms with E-state index in [0.717, 1.165) is 6.07 Å². The van der Waals surface area contributed by atoms with E-state index in [1.807, 2.05) is 0 Å². The summed E-state index contributed by atoms with van der Waals surface area (Å²) in [4.78, 5) is 7.99. The van der Waals surface area contributed by atoms with Crippen LogP contribution in [0, 0.1) is 17.9 Å². The molecule has 36 heavy (non-hydrogen) atoms. The largest absolute Gasteiger partial charge is 0.504 e. The highest BCUT2D eigenvalue weighted by molar-refractivity contribution is 7.92. The van der Waals surface area contributed by atoms with E-state index in [9.17, 15) is 22.3 Å². The smallest absolute Gasteiger partial charge is 0.281 e. The second kappa shape index (κ2) is 10.2. The van der Waals surface area contributed by atoms with Crippen molar-refractivity contribution in [1.82, 2.24) is 9.97 Å². The van der Waals surface area contributed by atoms with Crippen LogP contribution >= 0.6 is 22.9 Å². The average Bonchev–Trinajstić information content (AvgIpc) is 3.19. The fourth-order valence-corrected chi connectivity index (χ4v) is 5.41. The number of para-hydroxylation sites is 1. The van der Waals surface area contributed by atoms with E-state index in [1.165, 1.54) is 31.5 Å². The van der Waals surface area contributed by atoms with Gasteiger partial charge in [-0.3, -0.25) is 4.72 Å². The van der Waals surface area contributed by atoms with Crippen LogP contribution in [0.25, 0.3) is 11.3 Å². The van der Waals surface area contributed by atoms with Gasteiger partial charge in [0.1, 0.15) is 11.5 Å². The Labute approximate surface area is 214 Å². The molecule has 3 N–H and O–H groups in total. The van der Waals surface area contributed by atoms with E-state index in [2.05, 4.69) is 20.0 Å². The van der Waals surface area contributed by atoms with Crippen LogP contribution in [0.15, 0.2) is 53.7 Å². The number of pyridine rings is 1. The number of benzene rings is 2. The molecule has 0 saturated heterocycles. The zero-order valence-electron chi connectivity index (χ0n) is 18.8. The lowest BCUT2D eigenvalue weighted by molar-refractivity contribution is 0.371. The second-order valence-electron chi connectivity index (χ2n) is 7.53. The molecule has 2 aromatic carbocycles. The zero-order chi connectivity index (χ0) is 26.0. The van der Waals surface area contributed by atoms with Gasteiger partial charge in [-0.05, 0) is 42.8 Å². The summed E-state index contributed by atoms with van der Waals surface area (Å²) in [6.07, 6.45) is 1.34. The highest BCUT2D eigenvalue weighted by Gasteiger charge is 2.22. The lowest BCUT2D eigenvalue weighted by Crippen LogP contribution is -2.15. The molecule has 13 heteroatoms. The third-order valence-electron chi connectivity index (χ3n) is 5.13. The number of phenolic OH excluding ortho intramolecular Hbond substituents is 1. The van der Waals surface area contributed by atoms with E-state index in [1.54, 1.807) is 25.1 Å². The molecule has 0 spiro atoms. The van der Waals surface area contributed by atoms with Crippen LogP contribution in [0.1, 0.15) is 11.1 Å². The minimum absolute atomic E-state index is 0.000493. The number of nitrogens with zero attached hydrogens (tertiary/aromatic N) is 2. The summed E-state index contributed by atoms with van der Waals surface area (Å²) in [7, 11) is -2.73. The van der Waals surface area contributed by atoms with Gasteiger partial charge < -0.3 is 15.2 Å². The van der Waals surface area contributed by atoms with Crippen LogP contribution in [0.5, 0.6) is 11.5 Å². The van der Waals surface area contributed by atoms with Crippen LogP contribution in [-0.2, 0) is 16.6 Å². The van der Waals surface area contributed by atoms with Gasteiger partial charge in [0.05, 0.1) is 24.0 Å². The van der Waals surface area contributed by atoms with Gasteiger partial charge in [-0.25, -0.2) is 14.4 Å². The maximum atomic E-state index is 14.5. The van der Waals surface area contributed by atoms with Crippen molar-refractivity contribution in [2.24, 2.45) is 0 Å². The second-order valence-corrected chi connectivity index (χ2v) is 10.5. The average molecular weight is 553 g/mol. The molecule has 0 unspecified atom stereocenters. The quantitative estimate of drug-likeness (QED) is 0.262. The summed E-state index contributed by atoms with van der Waals surface area (Å²) in [5.74, 6) is -0.336. The van der Waals surface area contributed by atoms with Gasteiger partial charge in [0.15, 0.2) is 21.7 Å². The van der Waals surface area contributed by atoms with Crippen molar-refractivity contribution in [3.05, 3.63) is 75.8 Å². The van der Waals surface area contributed by atoms with E-state index < -0.39 is 21.0 Å². The molecule has 0 aliphatic heterocycles. The predicted octanol–water partition coefficient (Wildman–Crippen LogP) is 5.57. The Morgan fingerprint density at radius 3 is 2.67 bits per heavy atom. The number of aromatic hydroxyl groups is 1. The van der Waals surface area contributed by atoms with E-state index in [4.69, 9.17) is 16.3 Å². The highest BCUT2D eigenvalue weighted by Crippen LogP contribution is 2.33. The lowest BCUT2D eigenvalue weighted by atomic mass is 10.1. The summed E-state index contributed by atoms with van der Waals surface area (Å²) < 4.78 is 60.9. The van der Waals surface area contributed by atoms with Gasteiger partial charge in [-0.15, -0.1) is 0 Å². The summed E-state index contributed by atoms with van der Waals surface area (Å²) >= 11 is 6.23. The molecule has 4 rings (SSSR count). The molecule has 0 amide bonds. The summed E-state index contributed by atoms with van der Waals surface area (Å²) in [6.45, 7) is 1.93. The summed E-state index contributed by atoms with van der Waals surface area (Å²) in [6, 6.07) is 10.00. The molecule has 0 aliphatic carbocycles. The molecule has 0 atom stereocenters. The van der Waals surface area contributed by atoms with Gasteiger partial charge in [0.25, 0.3) is 10.0 Å². The fourth-order valence-electron chi connectivity index (χ4n) is 3.26. The minimum atomic E-state index is -4.19. The first-order valence-corrected chi connectivity index (χ1v) is 13.0. The Balaban J connectivity index is 1.51. The number of hydrogen-bond acceptors (Lipinski definition) is 8. The van der Waals surface area contributed by atoms with Gasteiger partial charge in [-0.2, -0.15) is 12.8 Å². The third kappa shape index (κ3) is 5.35. The van der Waals surface area contributed by atoms with Crippen LogP contribution in [0.4, 0.5) is 19.6 Å². The summed E-state index contributed by atoms with van der Waals surface area (Å²) in [5, 5.41) is 11.8. The van der Waals surface area contributed by atoms with Gasteiger partial charge in [0, 0.05) is 17.7 Å². The zero-order valence-corrected chi connectivity index (χ0v) is 21.2. The number of hydrogen-bond donors (Lipinski definition) is 3. The molecular formula is C23H19ClF2N4O4S2. The van der Waals surface area contributed by atoms with Crippen molar-refractivity contribution >= 4 is 43.8 Å². The Morgan fingerprint density at radius 2 is 1.97 bits per heavy atom. The number of methoxy groups -OCH3 is 1. The molecule has 0 aliphatic rings. The monoisotopic (exact) mass is 552 g/mol. The van der Waals surface area contributed by atoms with E-state index in [-0.39, 0.29) is 38.7 Å². The standard InChI is InChI=1S/C23H19ClF2N4O4S2/c1-12-8-19(28-11-17(12)27-10-14-4-3-5-18(34-2)21(14)31)36(32,33)30-23-29-20(22(26)35-23)13-6-7-16(25)15(24)9-13/h3-9,11,27,31H,10H2,1-2H3,(H,29,30). The molecule has 0 fully saturated rings. The normalized spacial score (nSPS) is 11.4. The number of ether oxygens (including phenoxy) is 1. The Hall–Kier alpha value is -3.48. The van der Waals surface area contributed by atoms with Gasteiger partial charge in [-0.1, -0.05) is 35.1 Å². The van der Waals surface area contributed by atoms with Crippen LogP contribution in [0.3, 0.4) is 0 Å². The number of aryl methyl sites for hydroxylation is 1. The molecule has 0 saturated carbocycles. The first kappa shape index (κ1) is 25.6. The third-order valence-corrected chi connectivity index (χ3v) is 7.55. The van der Waals surface area contributed by atoms with Crippen LogP contribution in [-0.4, -0.2) is 30.6 Å². The van der Waals surface area contributed by atoms with Crippen molar-refractivity contribution in [2.75, 3.05) is 17.1 Å². The molecule has 2 aromatic heterocycles. The molecular weight excluding hydrogens is 534 g/mol. The number of thiazole rings is 1. The molecule has 2 heterocycles. The summed E-state index contributed by atoms with van der Waals surface area (Å²) in [5.41, 5.74) is 1.74. The Bertz CT molecular complexity index is 1550. The van der Waals surface area contributed by atoms with E-state index in [0.29, 0.717) is 33.9 Å². The Kier molecular flexibility index (Phi) is 7.29. The number of sulfonamides is 1. The van der Waals surface area contributed by atoms with Crippen molar-refractivity contribution in [3.63, 3.8) is 0 Å². The van der Waals surface area contributed by atoms with Crippen molar-refractivity contribution in [3.8, 4) is 22.8 Å². The number of rotatable bonds is 8. The first-order valence-electron chi connectivity index (χ1n) is 10.3.